The average Bonchev–Trinajstić information content (AvgIpc) is 3.13. The number of carbonyl (C=O) groups is 1. The molecular weight excluding hydrogens is 366 g/mol. The fourth-order valence-corrected chi connectivity index (χ4v) is 4.44. The van der Waals surface area contributed by atoms with Crippen LogP contribution in [0.25, 0.3) is 10.2 Å². The van der Waals surface area contributed by atoms with Crippen molar-refractivity contribution in [3.05, 3.63) is 64.7 Å². The quantitative estimate of drug-likeness (QED) is 0.501. The summed E-state index contributed by atoms with van der Waals surface area (Å²) in [4.78, 5) is 16.9. The fourth-order valence-electron chi connectivity index (χ4n) is 3.67. The summed E-state index contributed by atoms with van der Waals surface area (Å²) in [6.07, 6.45) is 2.56. The zero-order chi connectivity index (χ0) is 19.9. The summed E-state index contributed by atoms with van der Waals surface area (Å²) >= 11 is 1.58. The molecule has 1 aliphatic rings. The Bertz CT molecular complexity index is 1050. The molecule has 4 nitrogen and oxygen atoms in total. The van der Waals surface area contributed by atoms with Gasteiger partial charge in [0.05, 0.1) is 27.9 Å². The van der Waals surface area contributed by atoms with Crippen LogP contribution >= 0.6 is 11.3 Å². The first kappa shape index (κ1) is 18.8. The van der Waals surface area contributed by atoms with E-state index in [9.17, 15) is 4.79 Å². The van der Waals surface area contributed by atoms with Gasteiger partial charge in [-0.15, -0.1) is 11.3 Å². The number of aromatic nitrogens is 1. The maximum absolute atomic E-state index is 12.6. The Hall–Kier alpha value is -2.53. The first-order valence-electron chi connectivity index (χ1n) is 9.55. The molecule has 1 amide bonds. The van der Waals surface area contributed by atoms with Gasteiger partial charge in [0, 0.05) is 11.0 Å². The van der Waals surface area contributed by atoms with E-state index in [1.165, 1.54) is 11.1 Å². The molecule has 5 heteroatoms. The Morgan fingerprint density at radius 2 is 2.00 bits per heavy atom. The van der Waals surface area contributed by atoms with Crippen LogP contribution in [0.5, 0.6) is 0 Å². The van der Waals surface area contributed by atoms with Gasteiger partial charge in [0.1, 0.15) is 0 Å². The van der Waals surface area contributed by atoms with E-state index in [2.05, 4.69) is 67.5 Å². The third kappa shape index (κ3) is 3.47. The molecule has 0 radical (unpaired) electrons. The molecule has 28 heavy (non-hydrogen) atoms. The molecule has 2 aromatic carbocycles. The van der Waals surface area contributed by atoms with Crippen molar-refractivity contribution in [3.8, 4) is 0 Å². The van der Waals surface area contributed by atoms with Gasteiger partial charge in [-0.2, -0.15) is 5.10 Å². The minimum Gasteiger partial charge on any atom is -0.273 e. The Labute approximate surface area is 169 Å². The molecule has 0 aliphatic heterocycles. The highest BCUT2D eigenvalue weighted by Gasteiger charge is 2.55. The summed E-state index contributed by atoms with van der Waals surface area (Å²) in [6, 6.07) is 14.6. The van der Waals surface area contributed by atoms with Crippen molar-refractivity contribution in [2.45, 2.75) is 44.9 Å². The molecule has 3 aromatic rings. The average molecular weight is 392 g/mol. The number of hydrogen-bond donors (Lipinski definition) is 1. The number of thiazole rings is 1. The van der Waals surface area contributed by atoms with E-state index in [1.54, 1.807) is 17.6 Å². The maximum Gasteiger partial charge on any atom is 0.244 e. The lowest BCUT2D eigenvalue weighted by atomic mass is 9.85. The molecule has 1 aliphatic carbocycles. The van der Waals surface area contributed by atoms with Gasteiger partial charge in [-0.3, -0.25) is 4.79 Å². The number of amides is 1. The number of hydrazone groups is 1. The highest BCUT2D eigenvalue weighted by molar-refractivity contribution is 7.17. The van der Waals surface area contributed by atoms with Gasteiger partial charge in [0.25, 0.3) is 0 Å². The Morgan fingerprint density at radius 3 is 2.71 bits per heavy atom. The van der Waals surface area contributed by atoms with E-state index < -0.39 is 0 Å². The highest BCUT2D eigenvalue weighted by Crippen LogP contribution is 2.54. The van der Waals surface area contributed by atoms with E-state index in [0.717, 1.165) is 22.2 Å². The molecule has 2 unspecified atom stereocenters. The van der Waals surface area contributed by atoms with Gasteiger partial charge in [0.15, 0.2) is 0 Å². The molecule has 0 spiro atoms. The monoisotopic (exact) mass is 391 g/mol. The van der Waals surface area contributed by atoms with Crippen molar-refractivity contribution in [2.75, 3.05) is 0 Å². The second-order valence-electron chi connectivity index (χ2n) is 8.78. The summed E-state index contributed by atoms with van der Waals surface area (Å²) in [7, 11) is 0. The number of nitrogens with zero attached hydrogens (tertiary/aromatic N) is 2. The largest absolute Gasteiger partial charge is 0.273 e. The molecule has 1 saturated carbocycles. The van der Waals surface area contributed by atoms with Crippen LogP contribution < -0.4 is 5.43 Å². The molecule has 1 heterocycles. The lowest BCUT2D eigenvalue weighted by Gasteiger charge is -2.20. The molecule has 4 rings (SSSR count). The third-order valence-electron chi connectivity index (χ3n) is 5.73. The standard InChI is InChI=1S/C23H25N3OS/c1-22(2,3)16-8-10-17(11-9-16)23(4)12-18(23)21(27)26-25-13-15-6-5-7-19-20(15)28-14-24-19/h5-11,13-14,18H,12H2,1-4H3,(H,26,27)/b25-13+. The van der Waals surface area contributed by atoms with E-state index in [4.69, 9.17) is 0 Å². The van der Waals surface area contributed by atoms with Crippen LogP contribution in [0, 0.1) is 5.92 Å². The van der Waals surface area contributed by atoms with Crippen LogP contribution in [0.2, 0.25) is 0 Å². The highest BCUT2D eigenvalue weighted by atomic mass is 32.1. The van der Waals surface area contributed by atoms with Crippen LogP contribution in [0.4, 0.5) is 0 Å². The van der Waals surface area contributed by atoms with Crippen LogP contribution in [0.15, 0.2) is 53.1 Å². The van der Waals surface area contributed by atoms with Crippen LogP contribution in [0.1, 0.15) is 50.8 Å². The molecular formula is C23H25N3OS. The summed E-state index contributed by atoms with van der Waals surface area (Å²) in [6.45, 7) is 8.79. The topological polar surface area (TPSA) is 54.4 Å². The van der Waals surface area contributed by atoms with Crippen molar-refractivity contribution >= 4 is 33.7 Å². The lowest BCUT2D eigenvalue weighted by molar-refractivity contribution is -0.122. The lowest BCUT2D eigenvalue weighted by Crippen LogP contribution is -2.23. The number of nitrogens with one attached hydrogen (secondary N) is 1. The summed E-state index contributed by atoms with van der Waals surface area (Å²) in [5.41, 5.74) is 9.03. The molecule has 1 fully saturated rings. The fraction of sp³-hybridized carbons (Fsp3) is 0.348. The second kappa shape index (κ2) is 6.82. The van der Waals surface area contributed by atoms with Crippen molar-refractivity contribution in [2.24, 2.45) is 11.0 Å². The summed E-state index contributed by atoms with van der Waals surface area (Å²) in [5.74, 6) is -0.0561. The van der Waals surface area contributed by atoms with Crippen molar-refractivity contribution in [1.82, 2.24) is 10.4 Å². The van der Waals surface area contributed by atoms with Crippen molar-refractivity contribution in [1.29, 1.82) is 0 Å². The Morgan fingerprint density at radius 1 is 1.25 bits per heavy atom. The summed E-state index contributed by atoms with van der Waals surface area (Å²) < 4.78 is 1.08. The second-order valence-corrected chi connectivity index (χ2v) is 9.64. The van der Waals surface area contributed by atoms with Crippen LogP contribution in [-0.4, -0.2) is 17.1 Å². The van der Waals surface area contributed by atoms with Crippen molar-refractivity contribution in [3.63, 3.8) is 0 Å². The number of benzene rings is 2. The van der Waals surface area contributed by atoms with Crippen LogP contribution in [-0.2, 0) is 15.6 Å². The summed E-state index contributed by atoms with van der Waals surface area (Å²) in [5, 5.41) is 4.19. The molecule has 0 bridgehead atoms. The van der Waals surface area contributed by atoms with Gasteiger partial charge in [-0.05, 0) is 29.0 Å². The van der Waals surface area contributed by atoms with Gasteiger partial charge in [0.2, 0.25) is 5.91 Å². The predicted octanol–water partition coefficient (Wildman–Crippen LogP) is 5.02. The third-order valence-corrected chi connectivity index (χ3v) is 6.62. The predicted molar refractivity (Wildman–Crippen MR) is 116 cm³/mol. The maximum atomic E-state index is 12.6. The molecule has 144 valence electrons. The zero-order valence-electron chi connectivity index (χ0n) is 16.7. The molecule has 1 aromatic heterocycles. The SMILES string of the molecule is CC(C)(C)c1ccc(C2(C)CC2C(=O)N/N=C/c2cccc3ncsc23)cc1. The van der Waals surface area contributed by atoms with E-state index in [1.807, 2.05) is 23.7 Å². The number of rotatable bonds is 4. The minimum absolute atomic E-state index is 0.0184. The zero-order valence-corrected chi connectivity index (χ0v) is 17.5. The van der Waals surface area contributed by atoms with Gasteiger partial charge < -0.3 is 0 Å². The number of carbonyl (C=O) groups excluding carboxylic acids is 1. The Balaban J connectivity index is 1.42. The molecule has 2 atom stereocenters. The number of hydrogen-bond acceptors (Lipinski definition) is 4. The first-order chi connectivity index (χ1) is 13.3. The van der Waals surface area contributed by atoms with Crippen LogP contribution in [0.3, 0.4) is 0 Å². The van der Waals surface area contributed by atoms with Gasteiger partial charge >= 0.3 is 0 Å². The van der Waals surface area contributed by atoms with E-state index in [0.29, 0.717) is 0 Å². The molecule has 1 N–H and O–H groups in total. The Kier molecular flexibility index (Phi) is 4.58. The number of fused-ring (bicyclic) bond motifs is 1. The van der Waals surface area contributed by atoms with Gasteiger partial charge in [-0.1, -0.05) is 64.1 Å². The normalized spacial score (nSPS) is 21.9. The minimum atomic E-state index is -0.103. The van der Waals surface area contributed by atoms with E-state index >= 15 is 0 Å². The smallest absolute Gasteiger partial charge is 0.244 e. The van der Waals surface area contributed by atoms with Gasteiger partial charge in [-0.25, -0.2) is 10.4 Å². The molecule has 0 saturated heterocycles. The van der Waals surface area contributed by atoms with Crippen molar-refractivity contribution < 1.29 is 4.79 Å². The van der Waals surface area contributed by atoms with E-state index in [-0.39, 0.29) is 22.7 Å². The first-order valence-corrected chi connectivity index (χ1v) is 10.4.